The largest absolute Gasteiger partial charge is 0.872 e. The number of hydrogen-bond donors (Lipinski definition) is 1. The van der Waals surface area contributed by atoms with E-state index < -0.39 is 0 Å². The average molecular weight is 449 g/mol. The van der Waals surface area contributed by atoms with Crippen LogP contribution in [0.25, 0.3) is 17.0 Å². The van der Waals surface area contributed by atoms with Gasteiger partial charge in [0.05, 0.1) is 25.8 Å². The molecule has 0 unspecified atom stereocenters. The Balaban J connectivity index is 1.73. The molecule has 0 saturated carbocycles. The van der Waals surface area contributed by atoms with Gasteiger partial charge in [-0.05, 0) is 50.1 Å². The minimum absolute atomic E-state index is 0.0696. The first-order valence-electron chi connectivity index (χ1n) is 11.8. The van der Waals surface area contributed by atoms with Crippen molar-refractivity contribution in [2.75, 3.05) is 20.2 Å². The van der Waals surface area contributed by atoms with Gasteiger partial charge in [-0.3, -0.25) is 4.79 Å². The molecule has 6 heteroatoms. The zero-order valence-corrected chi connectivity index (χ0v) is 19.9. The Morgan fingerprint density at radius 2 is 1.88 bits per heavy atom. The van der Waals surface area contributed by atoms with Gasteiger partial charge in [0.2, 0.25) is 5.78 Å². The van der Waals surface area contributed by atoms with Crippen molar-refractivity contribution in [2.24, 2.45) is 0 Å². The van der Waals surface area contributed by atoms with Crippen LogP contribution in [0.2, 0.25) is 0 Å². The first-order chi connectivity index (χ1) is 16.0. The van der Waals surface area contributed by atoms with E-state index in [1.165, 1.54) is 11.0 Å². The lowest BCUT2D eigenvalue weighted by atomic mass is 10.0. The van der Waals surface area contributed by atoms with Crippen molar-refractivity contribution in [2.45, 2.75) is 46.7 Å². The van der Waals surface area contributed by atoms with Gasteiger partial charge in [-0.25, -0.2) is 0 Å². The van der Waals surface area contributed by atoms with Crippen LogP contribution in [-0.2, 0) is 13.1 Å². The van der Waals surface area contributed by atoms with Crippen LogP contribution in [0, 0.1) is 0 Å². The van der Waals surface area contributed by atoms with E-state index in [4.69, 9.17) is 9.47 Å². The Kier molecular flexibility index (Phi) is 6.75. The molecule has 174 valence electrons. The number of fused-ring (bicyclic) bond motifs is 2. The number of ketones is 1. The van der Waals surface area contributed by atoms with Crippen LogP contribution in [0.15, 0.2) is 42.3 Å². The number of hydrogen-bond acceptors (Lipinski definition) is 4. The van der Waals surface area contributed by atoms with Gasteiger partial charge in [0.25, 0.3) is 0 Å². The van der Waals surface area contributed by atoms with Crippen LogP contribution in [0.1, 0.15) is 55.1 Å². The van der Waals surface area contributed by atoms with Crippen molar-refractivity contribution in [3.05, 3.63) is 59.0 Å². The predicted octanol–water partition coefficient (Wildman–Crippen LogP) is 3.56. The second kappa shape index (κ2) is 9.71. The van der Waals surface area contributed by atoms with Crippen molar-refractivity contribution in [1.29, 1.82) is 0 Å². The number of rotatable bonds is 9. The third kappa shape index (κ3) is 4.35. The monoisotopic (exact) mass is 448 g/mol. The van der Waals surface area contributed by atoms with Gasteiger partial charge >= 0.3 is 0 Å². The van der Waals surface area contributed by atoms with Gasteiger partial charge in [0.1, 0.15) is 18.0 Å². The molecule has 0 radical (unpaired) electrons. The van der Waals surface area contributed by atoms with E-state index in [0.29, 0.717) is 23.4 Å². The normalized spacial score (nSPS) is 14.3. The van der Waals surface area contributed by atoms with Crippen LogP contribution in [0.4, 0.5) is 0 Å². The molecule has 0 bridgehead atoms. The fraction of sp³-hybridized carbons (Fsp3) is 0.370. The smallest absolute Gasteiger partial charge is 0.231 e. The summed E-state index contributed by atoms with van der Waals surface area (Å²) in [6.07, 6.45) is 5.88. The summed E-state index contributed by atoms with van der Waals surface area (Å²) in [6, 6.07) is 9.02. The number of aromatic nitrogens is 1. The van der Waals surface area contributed by atoms with Crippen molar-refractivity contribution in [3.63, 3.8) is 0 Å². The molecular formula is C27H32N2O4. The van der Waals surface area contributed by atoms with Crippen molar-refractivity contribution in [1.82, 2.24) is 4.57 Å². The SMILES string of the molecule is CCC[NH+](CCC)Cc1c([O-])ccc2c1O/C(=C/c1cn(CC)c3ccc(OC)cc13)C2=O. The number of carbonyl (C=O) groups is 1. The molecule has 0 spiro atoms. The Bertz CT molecular complexity index is 1200. The van der Waals surface area contributed by atoms with E-state index in [0.717, 1.165) is 54.7 Å². The standard InChI is InChI=1S/C27H32N2O4/c1-5-12-28(13-6-2)17-22-24(30)11-9-20-26(31)25(33-27(20)22)14-18-16-29(7-3)23-10-8-19(32-4)15-21(18)23/h8-11,14-16,30H,5-7,12-13,17H2,1-4H3/b25-14+. The number of nitrogens with one attached hydrogen (secondary N) is 1. The van der Waals surface area contributed by atoms with Crippen LogP contribution in [0.3, 0.4) is 0 Å². The molecule has 2 heterocycles. The van der Waals surface area contributed by atoms with E-state index >= 15 is 0 Å². The molecule has 3 aromatic rings. The van der Waals surface area contributed by atoms with Gasteiger partial charge in [-0.2, -0.15) is 0 Å². The summed E-state index contributed by atoms with van der Waals surface area (Å²) < 4.78 is 13.6. The highest BCUT2D eigenvalue weighted by atomic mass is 16.5. The maximum Gasteiger partial charge on any atom is 0.231 e. The second-order valence-electron chi connectivity index (χ2n) is 8.54. The predicted molar refractivity (Wildman–Crippen MR) is 128 cm³/mol. The van der Waals surface area contributed by atoms with Gasteiger partial charge in [0.15, 0.2) is 5.76 Å². The highest BCUT2D eigenvalue weighted by molar-refractivity contribution is 6.15. The highest BCUT2D eigenvalue weighted by Gasteiger charge is 2.31. The lowest BCUT2D eigenvalue weighted by Gasteiger charge is -2.23. The van der Waals surface area contributed by atoms with Crippen LogP contribution in [-0.4, -0.2) is 30.5 Å². The number of methoxy groups -OCH3 is 1. The van der Waals surface area contributed by atoms with Crippen LogP contribution >= 0.6 is 0 Å². The summed E-state index contributed by atoms with van der Waals surface area (Å²) in [5.74, 6) is 1.19. The maximum atomic E-state index is 13.2. The van der Waals surface area contributed by atoms with Gasteiger partial charge < -0.3 is 24.0 Å². The summed E-state index contributed by atoms with van der Waals surface area (Å²) in [6.45, 7) is 9.70. The minimum atomic E-state index is -0.181. The van der Waals surface area contributed by atoms with Gasteiger partial charge in [-0.1, -0.05) is 25.7 Å². The average Bonchev–Trinajstić information content (AvgIpc) is 3.33. The third-order valence-corrected chi connectivity index (χ3v) is 6.28. The van der Waals surface area contributed by atoms with E-state index in [9.17, 15) is 9.90 Å². The van der Waals surface area contributed by atoms with Crippen molar-refractivity contribution >= 4 is 22.8 Å². The van der Waals surface area contributed by atoms with Crippen LogP contribution < -0.4 is 19.5 Å². The molecule has 1 aliphatic rings. The first-order valence-corrected chi connectivity index (χ1v) is 11.8. The number of Topliss-reactive ketones (excluding diaryl/α,β-unsaturated/α-hetero) is 1. The molecule has 1 aliphatic heterocycles. The summed E-state index contributed by atoms with van der Waals surface area (Å²) >= 11 is 0. The maximum absolute atomic E-state index is 13.2. The molecule has 4 rings (SSSR count). The van der Waals surface area contributed by atoms with Gasteiger partial charge in [0, 0.05) is 34.8 Å². The first kappa shape index (κ1) is 22.9. The molecule has 6 nitrogen and oxygen atoms in total. The van der Waals surface area contributed by atoms with Crippen LogP contribution in [0.5, 0.6) is 17.2 Å². The zero-order chi connectivity index (χ0) is 23.5. The lowest BCUT2D eigenvalue weighted by molar-refractivity contribution is -0.914. The molecule has 1 aromatic heterocycles. The zero-order valence-electron chi connectivity index (χ0n) is 19.9. The molecular weight excluding hydrogens is 416 g/mol. The fourth-order valence-electron chi connectivity index (χ4n) is 4.66. The number of quaternary nitrogens is 1. The molecule has 0 saturated heterocycles. The molecule has 0 aliphatic carbocycles. The van der Waals surface area contributed by atoms with E-state index in [1.54, 1.807) is 19.3 Å². The van der Waals surface area contributed by atoms with Crippen molar-refractivity contribution in [3.8, 4) is 17.2 Å². The van der Waals surface area contributed by atoms with Crippen molar-refractivity contribution < 1.29 is 24.3 Å². The number of benzene rings is 2. The molecule has 33 heavy (non-hydrogen) atoms. The molecule has 0 fully saturated rings. The summed E-state index contributed by atoms with van der Waals surface area (Å²) in [4.78, 5) is 14.5. The number of ether oxygens (including phenoxy) is 2. The second-order valence-corrected chi connectivity index (χ2v) is 8.54. The Morgan fingerprint density at radius 1 is 1.12 bits per heavy atom. The third-order valence-electron chi connectivity index (χ3n) is 6.28. The van der Waals surface area contributed by atoms with E-state index in [2.05, 4.69) is 25.3 Å². The molecule has 1 N–H and O–H groups in total. The number of carbonyl (C=O) groups excluding carboxylic acids is 1. The summed E-state index contributed by atoms with van der Waals surface area (Å²) in [5.41, 5.74) is 3.02. The number of allylic oxidation sites excluding steroid dienone is 1. The quantitative estimate of drug-likeness (QED) is 0.508. The topological polar surface area (TPSA) is 68.0 Å². The molecule has 0 atom stereocenters. The van der Waals surface area contributed by atoms with E-state index in [-0.39, 0.29) is 17.3 Å². The Morgan fingerprint density at radius 3 is 2.55 bits per heavy atom. The Labute approximate surface area is 195 Å². The minimum Gasteiger partial charge on any atom is -0.872 e. The number of nitrogens with zero attached hydrogens (tertiary/aromatic N) is 1. The Hall–Kier alpha value is -3.25. The number of aryl methyl sites for hydroxylation is 1. The summed E-state index contributed by atoms with van der Waals surface area (Å²) in [7, 11) is 1.64. The van der Waals surface area contributed by atoms with Gasteiger partial charge in [-0.15, -0.1) is 0 Å². The fourth-order valence-corrected chi connectivity index (χ4v) is 4.66. The summed E-state index contributed by atoms with van der Waals surface area (Å²) in [5, 5.41) is 13.7. The molecule has 0 amide bonds. The lowest BCUT2D eigenvalue weighted by Crippen LogP contribution is -3.10. The van der Waals surface area contributed by atoms with E-state index in [1.807, 2.05) is 24.4 Å². The highest BCUT2D eigenvalue weighted by Crippen LogP contribution is 2.39. The molecule has 2 aromatic carbocycles.